The molecule has 0 saturated heterocycles. The molecule has 2 aromatic carbocycles. The molecule has 1 aromatic heterocycles. The predicted molar refractivity (Wildman–Crippen MR) is 126 cm³/mol. The summed E-state index contributed by atoms with van der Waals surface area (Å²) in [5.74, 6) is 0.244. The van der Waals surface area contributed by atoms with Crippen LogP contribution in [0.5, 0.6) is 5.75 Å². The maximum Gasteiger partial charge on any atom is 0.444 e. The first-order valence-corrected chi connectivity index (χ1v) is 11.4. The second-order valence-electron chi connectivity index (χ2n) is 7.61. The van der Waals surface area contributed by atoms with Crippen LogP contribution in [0.25, 0.3) is 16.8 Å². The Kier molecular flexibility index (Phi) is 8.01. The summed E-state index contributed by atoms with van der Waals surface area (Å²) in [6.07, 6.45) is -1.89. The van der Waals surface area contributed by atoms with Crippen molar-refractivity contribution in [2.24, 2.45) is 5.92 Å². The van der Waals surface area contributed by atoms with Crippen molar-refractivity contribution in [2.75, 3.05) is 5.32 Å². The van der Waals surface area contributed by atoms with E-state index >= 15 is 0 Å². The van der Waals surface area contributed by atoms with Gasteiger partial charge in [-0.2, -0.15) is 14.0 Å². The van der Waals surface area contributed by atoms with Gasteiger partial charge in [0, 0.05) is 17.1 Å². The summed E-state index contributed by atoms with van der Waals surface area (Å²) in [5.41, 5.74) is 0.198. The van der Waals surface area contributed by atoms with Crippen LogP contribution < -0.4 is 10.1 Å². The largest absolute Gasteiger partial charge is 0.444 e. The average Bonchev–Trinajstić information content (AvgIpc) is 3.25. The second kappa shape index (κ2) is 10.7. The molecule has 4 nitrogen and oxygen atoms in total. The van der Waals surface area contributed by atoms with Gasteiger partial charge in [0.2, 0.25) is 0 Å². The highest BCUT2D eigenvalue weighted by atomic mass is 35.5. The van der Waals surface area contributed by atoms with Gasteiger partial charge in [0.25, 0.3) is 5.63 Å². The molecular weight excluding hydrogens is 471 g/mol. The molecule has 1 N–H and O–H groups in total. The van der Waals surface area contributed by atoms with Gasteiger partial charge in [-0.25, -0.2) is 9.37 Å². The number of halogens is 4. The highest BCUT2D eigenvalue weighted by Crippen LogP contribution is 2.34. The molecule has 0 spiro atoms. The standard InChI is InChI=1S/C24H21ClF3N3OS/c1-15(2)11-16-7-9-17(10-8-16)20-14-33-22(31-20)18(12-29)13-30-19-5-3-4-6-21(19)32-24(27,28)23(25)26/h3-10,13-15,23,30H,11H2,1-2H3/b18-13+/t23-/m0/s1. The minimum Gasteiger partial charge on any atom is -0.427 e. The molecule has 1 atom stereocenters. The summed E-state index contributed by atoms with van der Waals surface area (Å²) in [6, 6.07) is 15.9. The molecule has 3 aromatic rings. The van der Waals surface area contributed by atoms with Crippen LogP contribution in [0.4, 0.5) is 18.9 Å². The van der Waals surface area contributed by atoms with Crippen LogP contribution in [0, 0.1) is 17.2 Å². The van der Waals surface area contributed by atoms with Gasteiger partial charge in [0.1, 0.15) is 22.4 Å². The molecule has 33 heavy (non-hydrogen) atoms. The monoisotopic (exact) mass is 491 g/mol. The third-order valence-corrected chi connectivity index (χ3v) is 5.64. The highest BCUT2D eigenvalue weighted by Gasteiger charge is 2.42. The van der Waals surface area contributed by atoms with Crippen molar-refractivity contribution in [1.29, 1.82) is 5.26 Å². The molecule has 0 fully saturated rings. The van der Waals surface area contributed by atoms with Crippen LogP contribution in [0.1, 0.15) is 24.4 Å². The van der Waals surface area contributed by atoms with Crippen LogP contribution in [0.15, 0.2) is 60.1 Å². The number of nitriles is 1. The number of benzene rings is 2. The van der Waals surface area contributed by atoms with E-state index in [0.29, 0.717) is 10.9 Å². The third kappa shape index (κ3) is 6.50. The summed E-state index contributed by atoms with van der Waals surface area (Å²) >= 11 is 6.15. The Balaban J connectivity index is 1.78. The Morgan fingerprint density at radius 3 is 2.58 bits per heavy atom. The fourth-order valence-electron chi connectivity index (χ4n) is 2.97. The summed E-state index contributed by atoms with van der Waals surface area (Å²) < 4.78 is 44.5. The number of nitrogens with zero attached hydrogens (tertiary/aromatic N) is 2. The van der Waals surface area contributed by atoms with Gasteiger partial charge in [-0.3, -0.25) is 0 Å². The number of para-hydroxylation sites is 2. The van der Waals surface area contributed by atoms with Crippen molar-refractivity contribution in [1.82, 2.24) is 4.98 Å². The first-order chi connectivity index (χ1) is 15.7. The van der Waals surface area contributed by atoms with Gasteiger partial charge in [0.15, 0.2) is 0 Å². The SMILES string of the molecule is CC(C)Cc1ccc(-c2csc(/C(C#N)=C/Nc3ccccc3OC(F)(F)[C@H](F)Cl)n2)cc1. The van der Waals surface area contributed by atoms with Gasteiger partial charge >= 0.3 is 6.11 Å². The number of rotatable bonds is 9. The summed E-state index contributed by atoms with van der Waals surface area (Å²) in [5, 5.41) is 14.6. The lowest BCUT2D eigenvalue weighted by molar-refractivity contribution is -0.198. The molecule has 3 rings (SSSR count). The number of hydrogen-bond acceptors (Lipinski definition) is 5. The molecule has 0 aliphatic carbocycles. The van der Waals surface area contributed by atoms with E-state index in [9.17, 15) is 18.4 Å². The maximum absolute atomic E-state index is 13.6. The number of alkyl halides is 4. The number of allylic oxidation sites excluding steroid dienone is 1. The zero-order chi connectivity index (χ0) is 24.0. The van der Waals surface area contributed by atoms with Crippen molar-refractivity contribution in [2.45, 2.75) is 32.0 Å². The third-order valence-electron chi connectivity index (χ3n) is 4.51. The van der Waals surface area contributed by atoms with Crippen LogP contribution in [-0.2, 0) is 6.42 Å². The van der Waals surface area contributed by atoms with Gasteiger partial charge in [-0.05, 0) is 30.0 Å². The first kappa shape index (κ1) is 24.6. The van der Waals surface area contributed by atoms with Gasteiger partial charge in [-0.1, -0.05) is 61.8 Å². The van der Waals surface area contributed by atoms with Crippen LogP contribution in [0.2, 0.25) is 0 Å². The Labute approximate surface area is 199 Å². The van der Waals surface area contributed by atoms with E-state index in [0.717, 1.165) is 17.7 Å². The van der Waals surface area contributed by atoms with E-state index in [4.69, 9.17) is 11.6 Å². The maximum atomic E-state index is 13.6. The number of thiazole rings is 1. The summed E-state index contributed by atoms with van der Waals surface area (Å²) in [7, 11) is 0. The highest BCUT2D eigenvalue weighted by molar-refractivity contribution is 7.11. The Bertz CT molecular complexity index is 1150. The van der Waals surface area contributed by atoms with E-state index in [1.807, 2.05) is 23.6 Å². The molecule has 0 unspecified atom stereocenters. The van der Waals surface area contributed by atoms with E-state index in [-0.39, 0.29) is 17.0 Å². The van der Waals surface area contributed by atoms with Crippen molar-refractivity contribution in [3.8, 4) is 23.1 Å². The molecule has 0 radical (unpaired) electrons. The fourth-order valence-corrected chi connectivity index (χ4v) is 3.81. The average molecular weight is 492 g/mol. The van der Waals surface area contributed by atoms with E-state index < -0.39 is 11.7 Å². The lowest BCUT2D eigenvalue weighted by atomic mass is 10.0. The molecule has 1 heterocycles. The normalized spacial score (nSPS) is 13.0. The lowest BCUT2D eigenvalue weighted by Gasteiger charge is -2.19. The Morgan fingerprint density at radius 1 is 1.24 bits per heavy atom. The van der Waals surface area contributed by atoms with Crippen molar-refractivity contribution in [3.05, 3.63) is 70.7 Å². The molecule has 0 bridgehead atoms. The predicted octanol–water partition coefficient (Wildman–Crippen LogP) is 7.49. The zero-order valence-electron chi connectivity index (χ0n) is 17.9. The van der Waals surface area contributed by atoms with Crippen LogP contribution >= 0.6 is 22.9 Å². The van der Waals surface area contributed by atoms with Crippen LogP contribution in [0.3, 0.4) is 0 Å². The molecule has 9 heteroatoms. The van der Waals surface area contributed by atoms with E-state index in [1.54, 1.807) is 6.07 Å². The Hall–Kier alpha value is -3.02. The fraction of sp³-hybridized carbons (Fsp3) is 0.250. The van der Waals surface area contributed by atoms with Gasteiger partial charge < -0.3 is 10.1 Å². The number of hydrogen-bond donors (Lipinski definition) is 1. The number of nitrogens with one attached hydrogen (secondary N) is 1. The van der Waals surface area contributed by atoms with Crippen molar-refractivity contribution in [3.63, 3.8) is 0 Å². The molecular formula is C24H21ClF3N3OS. The molecule has 0 amide bonds. The number of anilines is 1. The van der Waals surface area contributed by atoms with E-state index in [1.165, 1.54) is 41.3 Å². The zero-order valence-corrected chi connectivity index (χ0v) is 19.4. The number of aromatic nitrogens is 1. The molecule has 0 aliphatic rings. The van der Waals surface area contributed by atoms with E-state index in [2.05, 4.69) is 41.0 Å². The second-order valence-corrected chi connectivity index (χ2v) is 8.85. The lowest BCUT2D eigenvalue weighted by Crippen LogP contribution is -2.33. The first-order valence-electron chi connectivity index (χ1n) is 10.1. The summed E-state index contributed by atoms with van der Waals surface area (Å²) in [6.45, 7) is 4.33. The number of ether oxygens (including phenoxy) is 1. The van der Waals surface area contributed by atoms with Gasteiger partial charge in [-0.15, -0.1) is 11.3 Å². The minimum atomic E-state index is -4.21. The van der Waals surface area contributed by atoms with Crippen LogP contribution in [-0.4, -0.2) is 16.7 Å². The molecule has 0 saturated carbocycles. The quantitative estimate of drug-likeness (QED) is 0.249. The smallest absolute Gasteiger partial charge is 0.427 e. The summed E-state index contributed by atoms with van der Waals surface area (Å²) in [4.78, 5) is 4.53. The minimum absolute atomic E-state index is 0.111. The van der Waals surface area contributed by atoms with Crippen molar-refractivity contribution < 1.29 is 17.9 Å². The molecule has 172 valence electrons. The van der Waals surface area contributed by atoms with Gasteiger partial charge in [0.05, 0.1) is 11.4 Å². The molecule has 0 aliphatic heterocycles. The topological polar surface area (TPSA) is 57.9 Å². The Morgan fingerprint density at radius 2 is 1.94 bits per heavy atom. The van der Waals surface area contributed by atoms with Crippen molar-refractivity contribution >= 4 is 34.2 Å².